The highest BCUT2D eigenvalue weighted by atomic mass is 16.5. The Bertz CT molecular complexity index is 817. The topological polar surface area (TPSA) is 83.6 Å². The van der Waals surface area contributed by atoms with Crippen LogP contribution in [0.1, 0.15) is 28.4 Å². The number of carbonyl (C=O) groups excluding carboxylic acids is 2. The summed E-state index contributed by atoms with van der Waals surface area (Å²) in [5.74, 6) is 0.415. The lowest BCUT2D eigenvalue weighted by molar-refractivity contribution is -0.122. The maximum atomic E-state index is 12.3. The molecule has 0 bridgehead atoms. The van der Waals surface area contributed by atoms with Crippen molar-refractivity contribution in [2.75, 3.05) is 31.2 Å². The highest BCUT2D eigenvalue weighted by Crippen LogP contribution is 2.13. The first-order valence-electron chi connectivity index (χ1n) is 9.46. The van der Waals surface area contributed by atoms with E-state index in [1.54, 1.807) is 25.3 Å². The molecule has 0 saturated carbocycles. The third-order valence-corrected chi connectivity index (χ3v) is 4.63. The fourth-order valence-corrected chi connectivity index (χ4v) is 2.97. The summed E-state index contributed by atoms with van der Waals surface area (Å²) in [6.45, 7) is 7.05. The van der Waals surface area contributed by atoms with Crippen molar-refractivity contribution < 1.29 is 14.3 Å². The van der Waals surface area contributed by atoms with Crippen LogP contribution in [0.15, 0.2) is 42.6 Å². The number of carbonyl (C=O) groups is 2. The van der Waals surface area contributed by atoms with Crippen LogP contribution in [0.2, 0.25) is 0 Å². The monoisotopic (exact) mass is 382 g/mol. The number of hydrogen-bond donors (Lipinski definition) is 2. The largest absolute Gasteiger partial charge is 0.378 e. The summed E-state index contributed by atoms with van der Waals surface area (Å²) in [6.07, 6.45) is 1.76. The van der Waals surface area contributed by atoms with Gasteiger partial charge in [0.15, 0.2) is 0 Å². The summed E-state index contributed by atoms with van der Waals surface area (Å²) in [4.78, 5) is 31.2. The van der Waals surface area contributed by atoms with Crippen LogP contribution in [-0.2, 0) is 16.1 Å². The summed E-state index contributed by atoms with van der Waals surface area (Å²) >= 11 is 0. The molecule has 28 heavy (non-hydrogen) atoms. The first-order valence-corrected chi connectivity index (χ1v) is 9.46. The van der Waals surface area contributed by atoms with E-state index in [0.717, 1.165) is 30.0 Å². The van der Waals surface area contributed by atoms with Gasteiger partial charge in [0.1, 0.15) is 11.9 Å². The van der Waals surface area contributed by atoms with Crippen molar-refractivity contribution in [3.8, 4) is 0 Å². The average Bonchev–Trinajstić information content (AvgIpc) is 2.73. The molecule has 1 aliphatic rings. The van der Waals surface area contributed by atoms with E-state index in [4.69, 9.17) is 4.74 Å². The normalized spacial score (nSPS) is 15.0. The van der Waals surface area contributed by atoms with Crippen LogP contribution in [-0.4, -0.2) is 49.1 Å². The maximum absolute atomic E-state index is 12.3. The molecule has 1 fully saturated rings. The van der Waals surface area contributed by atoms with E-state index in [1.165, 1.54) is 0 Å². The Labute approximate surface area is 165 Å². The van der Waals surface area contributed by atoms with E-state index in [1.807, 2.05) is 31.2 Å². The molecule has 2 aromatic rings. The zero-order valence-electron chi connectivity index (χ0n) is 16.3. The molecule has 1 aliphatic heterocycles. The molecule has 1 aromatic heterocycles. The van der Waals surface area contributed by atoms with Crippen molar-refractivity contribution in [2.45, 2.75) is 26.4 Å². The summed E-state index contributed by atoms with van der Waals surface area (Å²) in [6, 6.07) is 10.5. The van der Waals surface area contributed by atoms with E-state index < -0.39 is 6.04 Å². The maximum Gasteiger partial charge on any atom is 0.251 e. The Morgan fingerprint density at radius 2 is 2.00 bits per heavy atom. The molecule has 0 spiro atoms. The number of rotatable bonds is 6. The van der Waals surface area contributed by atoms with Crippen LogP contribution in [0.3, 0.4) is 0 Å². The molecule has 2 N–H and O–H groups in total. The van der Waals surface area contributed by atoms with E-state index in [2.05, 4.69) is 20.5 Å². The van der Waals surface area contributed by atoms with Crippen LogP contribution in [0.4, 0.5) is 5.82 Å². The van der Waals surface area contributed by atoms with E-state index in [9.17, 15) is 9.59 Å². The Hall–Kier alpha value is -2.93. The van der Waals surface area contributed by atoms with Gasteiger partial charge >= 0.3 is 0 Å². The number of aromatic nitrogens is 1. The number of nitrogens with one attached hydrogen (secondary N) is 2. The molecular formula is C21H26N4O3. The highest BCUT2D eigenvalue weighted by molar-refractivity contribution is 5.97. The summed E-state index contributed by atoms with van der Waals surface area (Å²) in [7, 11) is 0. The van der Waals surface area contributed by atoms with Crippen molar-refractivity contribution in [1.82, 2.24) is 15.6 Å². The van der Waals surface area contributed by atoms with E-state index >= 15 is 0 Å². The highest BCUT2D eigenvalue weighted by Gasteiger charge is 2.17. The van der Waals surface area contributed by atoms with Crippen LogP contribution >= 0.6 is 0 Å². The zero-order chi connectivity index (χ0) is 19.9. The van der Waals surface area contributed by atoms with Gasteiger partial charge in [-0.05, 0) is 37.6 Å². The lowest BCUT2D eigenvalue weighted by atomic mass is 10.1. The van der Waals surface area contributed by atoms with Gasteiger partial charge in [-0.3, -0.25) is 9.59 Å². The third-order valence-electron chi connectivity index (χ3n) is 4.63. The number of anilines is 1. The number of nitrogens with zero attached hydrogens (tertiary/aromatic N) is 2. The van der Waals surface area contributed by atoms with Gasteiger partial charge in [0.25, 0.3) is 5.91 Å². The lowest BCUT2D eigenvalue weighted by Crippen LogP contribution is -2.44. The third kappa shape index (κ3) is 5.29. The van der Waals surface area contributed by atoms with Crippen LogP contribution in [0.25, 0.3) is 0 Å². The SMILES string of the molecule is Cc1cccc(C(=O)NC(C)C(=O)NCc2ccc(N3CCOCC3)nc2)c1. The van der Waals surface area contributed by atoms with E-state index in [0.29, 0.717) is 25.3 Å². The second-order valence-electron chi connectivity index (χ2n) is 6.91. The molecule has 3 rings (SSSR count). The Morgan fingerprint density at radius 3 is 2.68 bits per heavy atom. The number of morpholine rings is 1. The summed E-state index contributed by atoms with van der Waals surface area (Å²) < 4.78 is 5.35. The van der Waals surface area contributed by atoms with Gasteiger partial charge in [-0.2, -0.15) is 0 Å². The predicted molar refractivity (Wildman–Crippen MR) is 107 cm³/mol. The minimum atomic E-state index is -0.631. The molecule has 0 radical (unpaired) electrons. The second-order valence-corrected chi connectivity index (χ2v) is 6.91. The first-order chi connectivity index (χ1) is 13.5. The lowest BCUT2D eigenvalue weighted by Gasteiger charge is -2.27. The number of hydrogen-bond acceptors (Lipinski definition) is 5. The van der Waals surface area contributed by atoms with Crippen LogP contribution < -0.4 is 15.5 Å². The number of aryl methyl sites for hydroxylation is 1. The van der Waals surface area contributed by atoms with Gasteiger partial charge < -0.3 is 20.3 Å². The molecule has 0 aliphatic carbocycles. The Kier molecular flexibility index (Phi) is 6.60. The smallest absolute Gasteiger partial charge is 0.251 e. The molecule has 1 aromatic carbocycles. The van der Waals surface area contributed by atoms with Crippen molar-refractivity contribution in [3.05, 3.63) is 59.3 Å². The van der Waals surface area contributed by atoms with Gasteiger partial charge in [-0.25, -0.2) is 4.98 Å². The van der Waals surface area contributed by atoms with Crippen molar-refractivity contribution in [2.24, 2.45) is 0 Å². The zero-order valence-corrected chi connectivity index (χ0v) is 16.3. The van der Waals surface area contributed by atoms with Gasteiger partial charge in [-0.15, -0.1) is 0 Å². The van der Waals surface area contributed by atoms with E-state index in [-0.39, 0.29) is 11.8 Å². The first kappa shape index (κ1) is 19.8. The number of benzene rings is 1. The molecule has 2 amide bonds. The number of amides is 2. The van der Waals surface area contributed by atoms with Gasteiger partial charge in [0.05, 0.1) is 13.2 Å². The number of pyridine rings is 1. The molecule has 1 atom stereocenters. The number of ether oxygens (including phenoxy) is 1. The minimum absolute atomic E-state index is 0.238. The quantitative estimate of drug-likeness (QED) is 0.794. The van der Waals surface area contributed by atoms with Crippen LogP contribution in [0, 0.1) is 6.92 Å². The molecule has 1 unspecified atom stereocenters. The molecule has 7 heteroatoms. The fourth-order valence-electron chi connectivity index (χ4n) is 2.97. The summed E-state index contributed by atoms with van der Waals surface area (Å²) in [5, 5.41) is 5.57. The van der Waals surface area contributed by atoms with Crippen LogP contribution in [0.5, 0.6) is 0 Å². The molecule has 1 saturated heterocycles. The van der Waals surface area contributed by atoms with Crippen molar-refractivity contribution in [1.29, 1.82) is 0 Å². The van der Waals surface area contributed by atoms with Gasteiger partial charge in [0, 0.05) is 31.4 Å². The molecule has 2 heterocycles. The average molecular weight is 382 g/mol. The molecule has 148 valence electrons. The minimum Gasteiger partial charge on any atom is -0.378 e. The second kappa shape index (κ2) is 9.32. The van der Waals surface area contributed by atoms with Crippen molar-refractivity contribution >= 4 is 17.6 Å². The summed E-state index contributed by atoms with van der Waals surface area (Å²) in [5.41, 5.74) is 2.45. The van der Waals surface area contributed by atoms with Gasteiger partial charge in [-0.1, -0.05) is 23.8 Å². The fraction of sp³-hybridized carbons (Fsp3) is 0.381. The Balaban J connectivity index is 1.48. The Morgan fingerprint density at radius 1 is 1.21 bits per heavy atom. The standard InChI is InChI=1S/C21H26N4O3/c1-15-4-3-5-18(12-15)21(27)24-16(2)20(26)23-14-17-6-7-19(22-13-17)25-8-10-28-11-9-25/h3-7,12-13,16H,8-11,14H2,1-2H3,(H,23,26)(H,24,27). The predicted octanol–water partition coefficient (Wildman–Crippen LogP) is 1.66. The molecular weight excluding hydrogens is 356 g/mol. The van der Waals surface area contributed by atoms with Gasteiger partial charge in [0.2, 0.25) is 5.91 Å². The van der Waals surface area contributed by atoms with Crippen molar-refractivity contribution in [3.63, 3.8) is 0 Å². The molecule has 7 nitrogen and oxygen atoms in total.